The molecule has 0 aliphatic carbocycles. The third kappa shape index (κ3) is 3.08. The molecule has 0 spiro atoms. The predicted molar refractivity (Wildman–Crippen MR) is 87.2 cm³/mol. The van der Waals surface area contributed by atoms with E-state index in [1.165, 1.54) is 4.31 Å². The van der Waals surface area contributed by atoms with E-state index in [4.69, 9.17) is 0 Å². The Morgan fingerprint density at radius 3 is 2.41 bits per heavy atom. The summed E-state index contributed by atoms with van der Waals surface area (Å²) in [5.74, 6) is 0. The third-order valence-corrected chi connectivity index (χ3v) is 5.88. The maximum absolute atomic E-state index is 12.7. The first kappa shape index (κ1) is 16.7. The van der Waals surface area contributed by atoms with Crippen LogP contribution < -0.4 is 0 Å². The van der Waals surface area contributed by atoms with Gasteiger partial charge in [-0.15, -0.1) is 0 Å². The van der Waals surface area contributed by atoms with Crippen molar-refractivity contribution in [2.75, 3.05) is 7.05 Å². The van der Waals surface area contributed by atoms with Gasteiger partial charge in [0.25, 0.3) is 0 Å². The summed E-state index contributed by atoms with van der Waals surface area (Å²) in [4.78, 5) is 0.332. The lowest BCUT2D eigenvalue weighted by Gasteiger charge is -2.18. The molecule has 0 amide bonds. The summed E-state index contributed by atoms with van der Waals surface area (Å²) in [5, 5.41) is 4.26. The molecule has 5 nitrogen and oxygen atoms in total. The monoisotopic (exact) mass is 321 g/mol. The average molecular weight is 321 g/mol. The van der Waals surface area contributed by atoms with Crippen LogP contribution in [-0.4, -0.2) is 29.6 Å². The van der Waals surface area contributed by atoms with Crippen LogP contribution in [-0.2, 0) is 23.1 Å². The summed E-state index contributed by atoms with van der Waals surface area (Å²) in [7, 11) is -1.89. The van der Waals surface area contributed by atoms with E-state index in [1.54, 1.807) is 25.4 Å². The molecule has 120 valence electrons. The second-order valence-electron chi connectivity index (χ2n) is 5.58. The van der Waals surface area contributed by atoms with E-state index in [0.717, 1.165) is 28.9 Å². The molecule has 1 aromatic carbocycles. The van der Waals surface area contributed by atoms with Crippen LogP contribution >= 0.6 is 0 Å². The molecule has 0 saturated carbocycles. The van der Waals surface area contributed by atoms with Crippen molar-refractivity contribution in [3.8, 4) is 0 Å². The lowest BCUT2D eigenvalue weighted by molar-refractivity contribution is 0.465. The Balaban J connectivity index is 2.28. The van der Waals surface area contributed by atoms with Gasteiger partial charge in [-0.3, -0.25) is 4.68 Å². The number of nitrogens with zero attached hydrogens (tertiary/aromatic N) is 3. The van der Waals surface area contributed by atoms with E-state index in [-0.39, 0.29) is 0 Å². The second-order valence-corrected chi connectivity index (χ2v) is 7.62. The molecule has 0 aliphatic rings. The van der Waals surface area contributed by atoms with Crippen molar-refractivity contribution in [1.82, 2.24) is 14.1 Å². The normalized spacial score (nSPS) is 12.1. The van der Waals surface area contributed by atoms with E-state index in [1.807, 2.05) is 38.4 Å². The Labute approximate surface area is 132 Å². The summed E-state index contributed by atoms with van der Waals surface area (Å²) < 4.78 is 28.6. The molecule has 0 N–H and O–H groups in total. The van der Waals surface area contributed by atoms with Gasteiger partial charge in [-0.1, -0.05) is 6.07 Å². The zero-order valence-electron chi connectivity index (χ0n) is 13.8. The van der Waals surface area contributed by atoms with Crippen molar-refractivity contribution in [2.45, 2.75) is 45.7 Å². The minimum atomic E-state index is -3.49. The van der Waals surface area contributed by atoms with Crippen LogP contribution in [0.4, 0.5) is 0 Å². The van der Waals surface area contributed by atoms with Gasteiger partial charge in [0, 0.05) is 31.4 Å². The van der Waals surface area contributed by atoms with Gasteiger partial charge in [-0.2, -0.15) is 9.40 Å². The predicted octanol–water partition coefficient (Wildman–Crippen LogP) is 2.65. The van der Waals surface area contributed by atoms with Gasteiger partial charge >= 0.3 is 0 Å². The molecule has 6 heteroatoms. The summed E-state index contributed by atoms with van der Waals surface area (Å²) in [5.41, 5.74) is 3.99. The largest absolute Gasteiger partial charge is 0.270 e. The molecule has 2 aromatic rings. The van der Waals surface area contributed by atoms with Crippen LogP contribution in [0.5, 0.6) is 0 Å². The van der Waals surface area contributed by atoms with E-state index in [2.05, 4.69) is 5.10 Å². The Kier molecular flexibility index (Phi) is 4.72. The van der Waals surface area contributed by atoms with Crippen LogP contribution in [0.1, 0.15) is 29.3 Å². The first-order valence-corrected chi connectivity index (χ1v) is 8.76. The van der Waals surface area contributed by atoms with Crippen molar-refractivity contribution < 1.29 is 8.42 Å². The number of benzene rings is 1. The molecular formula is C16H23N3O2S. The molecule has 0 unspecified atom stereocenters. The van der Waals surface area contributed by atoms with Crippen molar-refractivity contribution in [1.29, 1.82) is 0 Å². The zero-order valence-corrected chi connectivity index (χ0v) is 14.6. The minimum absolute atomic E-state index is 0.321. The van der Waals surface area contributed by atoms with Gasteiger partial charge in [-0.25, -0.2) is 8.42 Å². The van der Waals surface area contributed by atoms with Gasteiger partial charge in [0.2, 0.25) is 10.0 Å². The number of aryl methyl sites for hydroxylation is 3. The smallest absolute Gasteiger partial charge is 0.243 e. The minimum Gasteiger partial charge on any atom is -0.270 e. The zero-order chi connectivity index (χ0) is 16.5. The van der Waals surface area contributed by atoms with Gasteiger partial charge in [0.1, 0.15) is 0 Å². The lowest BCUT2D eigenvalue weighted by atomic mass is 10.1. The second kappa shape index (κ2) is 6.22. The standard InChI is InChI=1S/C16H23N3O2S/c1-6-19-14(4)15(10-17-19)11-18(5)22(20,21)16-8-7-12(2)13(3)9-16/h7-10H,6,11H2,1-5H3. The Morgan fingerprint density at radius 2 is 1.86 bits per heavy atom. The maximum atomic E-state index is 12.7. The highest BCUT2D eigenvalue weighted by molar-refractivity contribution is 7.89. The highest BCUT2D eigenvalue weighted by Gasteiger charge is 2.22. The van der Waals surface area contributed by atoms with E-state index in [9.17, 15) is 8.42 Å². The van der Waals surface area contributed by atoms with E-state index in [0.29, 0.717) is 11.4 Å². The van der Waals surface area contributed by atoms with E-state index < -0.39 is 10.0 Å². The molecule has 2 rings (SSSR count). The van der Waals surface area contributed by atoms with Gasteiger partial charge in [-0.05, 0) is 51.0 Å². The summed E-state index contributed by atoms with van der Waals surface area (Å²) in [6, 6.07) is 5.23. The van der Waals surface area contributed by atoms with Gasteiger partial charge in [0.15, 0.2) is 0 Å². The Hall–Kier alpha value is -1.66. The molecule has 0 fully saturated rings. The topological polar surface area (TPSA) is 55.2 Å². The van der Waals surface area contributed by atoms with Crippen LogP contribution in [0.25, 0.3) is 0 Å². The maximum Gasteiger partial charge on any atom is 0.243 e. The van der Waals surface area contributed by atoms with Crippen molar-refractivity contribution in [2.24, 2.45) is 0 Å². The molecule has 1 heterocycles. The number of hydrogen-bond donors (Lipinski definition) is 0. The molecule has 1 aromatic heterocycles. The molecular weight excluding hydrogens is 298 g/mol. The summed E-state index contributed by atoms with van der Waals surface area (Å²) in [6.45, 7) is 8.96. The fourth-order valence-corrected chi connectivity index (χ4v) is 3.57. The lowest BCUT2D eigenvalue weighted by Crippen LogP contribution is -2.26. The number of sulfonamides is 1. The van der Waals surface area contributed by atoms with Gasteiger partial charge < -0.3 is 0 Å². The third-order valence-electron chi connectivity index (χ3n) is 4.08. The SMILES string of the molecule is CCn1ncc(CN(C)S(=O)(=O)c2ccc(C)c(C)c2)c1C. The number of hydrogen-bond acceptors (Lipinski definition) is 3. The van der Waals surface area contributed by atoms with Crippen molar-refractivity contribution >= 4 is 10.0 Å². The molecule has 22 heavy (non-hydrogen) atoms. The highest BCUT2D eigenvalue weighted by Crippen LogP contribution is 2.20. The van der Waals surface area contributed by atoms with E-state index >= 15 is 0 Å². The van der Waals surface area contributed by atoms with Crippen LogP contribution in [0.3, 0.4) is 0 Å². The molecule has 0 radical (unpaired) electrons. The van der Waals surface area contributed by atoms with Crippen LogP contribution in [0.15, 0.2) is 29.3 Å². The fraction of sp³-hybridized carbons (Fsp3) is 0.438. The fourth-order valence-electron chi connectivity index (χ4n) is 2.34. The Bertz CT molecular complexity index is 779. The summed E-state index contributed by atoms with van der Waals surface area (Å²) >= 11 is 0. The highest BCUT2D eigenvalue weighted by atomic mass is 32.2. The molecule has 0 saturated heterocycles. The van der Waals surface area contributed by atoms with Crippen LogP contribution in [0.2, 0.25) is 0 Å². The average Bonchev–Trinajstić information content (AvgIpc) is 2.82. The molecule has 0 bridgehead atoms. The summed E-state index contributed by atoms with van der Waals surface area (Å²) in [6.07, 6.45) is 1.74. The van der Waals surface area contributed by atoms with Crippen molar-refractivity contribution in [3.63, 3.8) is 0 Å². The number of aromatic nitrogens is 2. The first-order valence-electron chi connectivity index (χ1n) is 7.32. The van der Waals surface area contributed by atoms with Crippen molar-refractivity contribution in [3.05, 3.63) is 46.8 Å². The molecule has 0 aliphatic heterocycles. The quantitative estimate of drug-likeness (QED) is 0.851. The number of rotatable bonds is 5. The van der Waals surface area contributed by atoms with Crippen LogP contribution in [0, 0.1) is 20.8 Å². The van der Waals surface area contributed by atoms with Gasteiger partial charge in [0.05, 0.1) is 11.1 Å². The first-order chi connectivity index (χ1) is 10.3. The molecule has 0 atom stereocenters. The Morgan fingerprint density at radius 1 is 1.18 bits per heavy atom.